The molecule has 0 bridgehead atoms. The van der Waals surface area contributed by atoms with E-state index in [2.05, 4.69) is 17.4 Å². The highest BCUT2D eigenvalue weighted by atomic mass is 16.4. The van der Waals surface area contributed by atoms with E-state index in [-0.39, 0.29) is 12.3 Å². The normalized spacial score (nSPS) is 10.4. The zero-order valence-corrected chi connectivity index (χ0v) is 25.6. The summed E-state index contributed by atoms with van der Waals surface area (Å²) in [5.41, 5.74) is 19.2. The zero-order chi connectivity index (χ0) is 33.5. The Bertz CT molecular complexity index is 1450. The lowest BCUT2D eigenvalue weighted by atomic mass is 10.1. The van der Waals surface area contributed by atoms with Crippen LogP contribution in [0.3, 0.4) is 0 Å². The van der Waals surface area contributed by atoms with Crippen LogP contribution in [0.1, 0.15) is 47.7 Å². The third-order valence-corrected chi connectivity index (χ3v) is 6.10. The van der Waals surface area contributed by atoms with E-state index in [0.29, 0.717) is 24.2 Å². The Balaban J connectivity index is 0.000000305. The van der Waals surface area contributed by atoms with Gasteiger partial charge in [0.05, 0.1) is 6.42 Å². The highest BCUT2D eigenvalue weighted by Crippen LogP contribution is 2.15. The number of rotatable bonds is 11. The molecule has 10 heteroatoms. The van der Waals surface area contributed by atoms with Crippen LogP contribution in [0.15, 0.2) is 97.1 Å². The molecule has 4 aromatic carbocycles. The van der Waals surface area contributed by atoms with Crippen LogP contribution in [0.2, 0.25) is 0 Å². The van der Waals surface area contributed by atoms with Crippen molar-refractivity contribution in [2.24, 2.45) is 17.2 Å². The SMILES string of the molecule is CC(=O)Nc1ccc(C=O)cc1.NCCCC[C@H](N)C(=O)O.NCCc1ccccc1.O=C(O)Cc1ccc2ccccc2c1. The summed E-state index contributed by atoms with van der Waals surface area (Å²) in [6.45, 7) is 2.78. The van der Waals surface area contributed by atoms with Crippen molar-refractivity contribution in [1.82, 2.24) is 0 Å². The molecule has 240 valence electrons. The molecule has 1 atom stereocenters. The Labute approximate surface area is 264 Å². The molecule has 4 rings (SSSR count). The lowest BCUT2D eigenvalue weighted by molar-refractivity contribution is -0.139. The first-order valence-electron chi connectivity index (χ1n) is 14.5. The van der Waals surface area contributed by atoms with Gasteiger partial charge in [-0.25, -0.2) is 0 Å². The lowest BCUT2D eigenvalue weighted by Gasteiger charge is -2.03. The summed E-state index contributed by atoms with van der Waals surface area (Å²) in [4.78, 5) is 41.5. The highest BCUT2D eigenvalue weighted by Gasteiger charge is 2.09. The molecule has 45 heavy (non-hydrogen) atoms. The summed E-state index contributed by atoms with van der Waals surface area (Å²) < 4.78 is 0. The number of carbonyl (C=O) groups is 4. The molecule has 1 amide bonds. The van der Waals surface area contributed by atoms with Crippen LogP contribution in [-0.4, -0.2) is 53.5 Å². The van der Waals surface area contributed by atoms with Gasteiger partial charge < -0.3 is 32.7 Å². The molecular formula is C35H44N4O6. The van der Waals surface area contributed by atoms with Gasteiger partial charge in [-0.2, -0.15) is 0 Å². The summed E-state index contributed by atoms with van der Waals surface area (Å²) in [6.07, 6.45) is 4.00. The Kier molecular flexibility index (Phi) is 19.2. The maximum Gasteiger partial charge on any atom is 0.320 e. The van der Waals surface area contributed by atoms with Gasteiger partial charge in [-0.15, -0.1) is 0 Å². The van der Waals surface area contributed by atoms with E-state index in [1.807, 2.05) is 60.7 Å². The number of nitrogens with two attached hydrogens (primary N) is 3. The van der Waals surface area contributed by atoms with Crippen LogP contribution in [-0.2, 0) is 27.2 Å². The van der Waals surface area contributed by atoms with E-state index in [1.165, 1.54) is 12.5 Å². The summed E-state index contributed by atoms with van der Waals surface area (Å²) in [7, 11) is 0. The fourth-order valence-electron chi connectivity index (χ4n) is 3.82. The molecule has 9 N–H and O–H groups in total. The maximum absolute atomic E-state index is 10.6. The van der Waals surface area contributed by atoms with Gasteiger partial charge in [0, 0.05) is 18.2 Å². The highest BCUT2D eigenvalue weighted by molar-refractivity contribution is 5.89. The van der Waals surface area contributed by atoms with Crippen LogP contribution in [0, 0.1) is 0 Å². The number of amides is 1. The number of hydrogen-bond acceptors (Lipinski definition) is 7. The first kappa shape index (κ1) is 38.1. The third kappa shape index (κ3) is 17.7. The van der Waals surface area contributed by atoms with Crippen molar-refractivity contribution in [1.29, 1.82) is 0 Å². The van der Waals surface area contributed by atoms with E-state index in [0.717, 1.165) is 48.4 Å². The Morgan fingerprint density at radius 2 is 1.40 bits per heavy atom. The van der Waals surface area contributed by atoms with Crippen LogP contribution in [0.5, 0.6) is 0 Å². The Morgan fingerprint density at radius 3 is 1.93 bits per heavy atom. The van der Waals surface area contributed by atoms with Gasteiger partial charge in [0.2, 0.25) is 5.91 Å². The second kappa shape index (κ2) is 22.6. The minimum absolute atomic E-state index is 0.0881. The number of hydrogen-bond donors (Lipinski definition) is 6. The lowest BCUT2D eigenvalue weighted by Crippen LogP contribution is -2.29. The molecule has 4 aromatic rings. The number of unbranched alkanes of at least 4 members (excludes halogenated alkanes) is 1. The van der Waals surface area contributed by atoms with Gasteiger partial charge in [0.1, 0.15) is 12.3 Å². The van der Waals surface area contributed by atoms with Crippen molar-refractivity contribution in [3.63, 3.8) is 0 Å². The largest absolute Gasteiger partial charge is 0.481 e. The van der Waals surface area contributed by atoms with Crippen molar-refractivity contribution in [3.05, 3.63) is 114 Å². The average Bonchev–Trinajstić information content (AvgIpc) is 3.02. The van der Waals surface area contributed by atoms with Crippen LogP contribution in [0.25, 0.3) is 10.8 Å². The van der Waals surface area contributed by atoms with Crippen molar-refractivity contribution in [2.75, 3.05) is 18.4 Å². The molecule has 0 aliphatic rings. The molecular weight excluding hydrogens is 572 g/mol. The monoisotopic (exact) mass is 616 g/mol. The third-order valence-electron chi connectivity index (χ3n) is 6.10. The van der Waals surface area contributed by atoms with Crippen molar-refractivity contribution >= 4 is 40.6 Å². The predicted octanol–water partition coefficient (Wildman–Crippen LogP) is 4.64. The van der Waals surface area contributed by atoms with E-state index in [9.17, 15) is 19.2 Å². The summed E-state index contributed by atoms with van der Waals surface area (Å²) >= 11 is 0. The number of nitrogens with one attached hydrogen (secondary N) is 1. The second-order valence-corrected chi connectivity index (χ2v) is 9.93. The van der Waals surface area contributed by atoms with E-state index in [1.54, 1.807) is 24.3 Å². The smallest absolute Gasteiger partial charge is 0.320 e. The van der Waals surface area contributed by atoms with Crippen LogP contribution < -0.4 is 22.5 Å². The van der Waals surface area contributed by atoms with E-state index < -0.39 is 18.0 Å². The molecule has 0 radical (unpaired) electrons. The summed E-state index contributed by atoms with van der Waals surface area (Å²) in [5, 5.41) is 21.8. The molecule has 0 fully saturated rings. The number of carbonyl (C=O) groups excluding carboxylic acids is 2. The number of aliphatic carboxylic acids is 2. The van der Waals surface area contributed by atoms with Crippen molar-refractivity contribution in [2.45, 2.75) is 45.1 Å². The average molecular weight is 617 g/mol. The summed E-state index contributed by atoms with van der Waals surface area (Å²) in [6, 6.07) is 29.9. The first-order valence-corrected chi connectivity index (χ1v) is 14.5. The van der Waals surface area contributed by atoms with Gasteiger partial charge in [0.15, 0.2) is 0 Å². The molecule has 0 unspecified atom stereocenters. The number of carboxylic acids is 2. The number of aldehydes is 1. The topological polar surface area (TPSA) is 199 Å². The van der Waals surface area contributed by atoms with Gasteiger partial charge >= 0.3 is 11.9 Å². The van der Waals surface area contributed by atoms with Crippen LogP contribution >= 0.6 is 0 Å². The van der Waals surface area contributed by atoms with E-state index in [4.69, 9.17) is 27.4 Å². The molecule has 0 aliphatic heterocycles. The Hall–Kier alpha value is -4.90. The van der Waals surface area contributed by atoms with Gasteiger partial charge in [-0.3, -0.25) is 19.2 Å². The van der Waals surface area contributed by atoms with Gasteiger partial charge in [-0.1, -0.05) is 79.2 Å². The Morgan fingerprint density at radius 1 is 0.778 bits per heavy atom. The van der Waals surface area contributed by atoms with Gasteiger partial charge in [-0.05, 0) is 78.5 Å². The molecule has 0 heterocycles. The maximum atomic E-state index is 10.6. The van der Waals surface area contributed by atoms with E-state index >= 15 is 0 Å². The number of fused-ring (bicyclic) bond motifs is 1. The van der Waals surface area contributed by atoms with Gasteiger partial charge in [0.25, 0.3) is 0 Å². The summed E-state index contributed by atoms with van der Waals surface area (Å²) in [5.74, 6) is -1.84. The fourth-order valence-corrected chi connectivity index (χ4v) is 3.82. The molecule has 10 nitrogen and oxygen atoms in total. The number of carboxylic acid groups (broad SMARTS) is 2. The molecule has 0 spiro atoms. The number of anilines is 1. The fraction of sp³-hybridized carbons (Fsp3) is 0.257. The zero-order valence-electron chi connectivity index (χ0n) is 25.6. The quantitative estimate of drug-likeness (QED) is 0.103. The molecule has 0 saturated heterocycles. The van der Waals surface area contributed by atoms with Crippen molar-refractivity contribution < 1.29 is 29.4 Å². The van der Waals surface area contributed by atoms with Crippen LogP contribution in [0.4, 0.5) is 5.69 Å². The minimum atomic E-state index is -0.933. The standard InChI is InChI=1S/C12H10O2.C9H9NO2.C8H11N.C6H14N2O2/c13-12(14)8-9-5-6-10-3-1-2-4-11(10)7-9;1-7(12)10-9-4-2-8(6-11)3-5-9;9-7-6-8-4-2-1-3-5-8;7-4-2-1-3-5(8)6(9)10/h1-7H,8H2,(H,13,14);2-6H,1H3,(H,10,12);1-5H,6-7,9H2;5H,1-4,7-8H2,(H,9,10)/t;;;5-/m...0/s1. The first-order chi connectivity index (χ1) is 21.6. The molecule has 0 aliphatic carbocycles. The second-order valence-electron chi connectivity index (χ2n) is 9.93. The molecule has 0 aromatic heterocycles. The molecule has 0 saturated carbocycles. The predicted molar refractivity (Wildman–Crippen MR) is 179 cm³/mol. The van der Waals surface area contributed by atoms with Crippen molar-refractivity contribution in [3.8, 4) is 0 Å². The minimum Gasteiger partial charge on any atom is -0.481 e. The number of benzene rings is 4.